The molecule has 1 atom stereocenters. The molecular weight excluding hydrogens is 368 g/mol. The number of carbonyl (C=O) groups excluding carboxylic acids is 1. The number of anilines is 1. The molecule has 1 aliphatic heterocycles. The maximum Gasteiger partial charge on any atom is 0.344 e. The van der Waals surface area contributed by atoms with E-state index in [1.165, 1.54) is 0 Å². The quantitative estimate of drug-likeness (QED) is 0.497. The standard InChI is InChI=1S/C23H16N2O4/c26-22-19-20(14-7-6-10-16(13-14)28-15-8-2-1-3-9-15)24-23(27)25-21(19)17-11-4-5-12-18(17)29-22/h1-13,20H,(H2,24,25,27). The third-order valence-corrected chi connectivity index (χ3v) is 4.82. The number of hydrogen-bond acceptors (Lipinski definition) is 4. The third-order valence-electron chi connectivity index (χ3n) is 4.82. The summed E-state index contributed by atoms with van der Waals surface area (Å²) in [6, 6.07) is 22.8. The van der Waals surface area contributed by atoms with E-state index in [0.717, 1.165) is 5.56 Å². The number of ether oxygens (including phenoxy) is 1. The van der Waals surface area contributed by atoms with E-state index in [9.17, 15) is 9.59 Å². The molecule has 4 aromatic rings. The molecular formula is C23H16N2O4. The fourth-order valence-electron chi connectivity index (χ4n) is 3.55. The van der Waals surface area contributed by atoms with Crippen LogP contribution >= 0.6 is 0 Å². The first-order valence-electron chi connectivity index (χ1n) is 9.15. The van der Waals surface area contributed by atoms with Crippen molar-refractivity contribution in [2.75, 3.05) is 5.32 Å². The summed E-state index contributed by atoms with van der Waals surface area (Å²) in [5.41, 5.74) is 1.49. The summed E-state index contributed by atoms with van der Waals surface area (Å²) in [7, 11) is 0. The average Bonchev–Trinajstić information content (AvgIpc) is 2.74. The number of benzene rings is 3. The van der Waals surface area contributed by atoms with Crippen LogP contribution in [0.15, 0.2) is 88.1 Å². The van der Waals surface area contributed by atoms with Crippen LogP contribution < -0.4 is 21.0 Å². The largest absolute Gasteiger partial charge is 0.457 e. The highest BCUT2D eigenvalue weighted by molar-refractivity contribution is 6.03. The first kappa shape index (κ1) is 17.1. The van der Waals surface area contributed by atoms with E-state index in [1.54, 1.807) is 12.1 Å². The van der Waals surface area contributed by atoms with E-state index in [4.69, 9.17) is 9.15 Å². The summed E-state index contributed by atoms with van der Waals surface area (Å²) in [5.74, 6) is 1.30. The molecule has 1 unspecified atom stereocenters. The number of urea groups is 1. The van der Waals surface area contributed by atoms with Crippen molar-refractivity contribution in [1.29, 1.82) is 0 Å². The molecule has 0 aliphatic carbocycles. The Morgan fingerprint density at radius 3 is 2.45 bits per heavy atom. The fourth-order valence-corrected chi connectivity index (χ4v) is 3.55. The Bertz CT molecular complexity index is 1280. The van der Waals surface area contributed by atoms with Crippen LogP contribution in [-0.4, -0.2) is 6.03 Å². The Morgan fingerprint density at radius 2 is 1.59 bits per heavy atom. The Kier molecular flexibility index (Phi) is 4.02. The van der Waals surface area contributed by atoms with Crippen LogP contribution in [0.4, 0.5) is 10.5 Å². The molecule has 0 fully saturated rings. The molecule has 1 aromatic heterocycles. The van der Waals surface area contributed by atoms with Gasteiger partial charge in [0.05, 0.1) is 17.3 Å². The second-order valence-corrected chi connectivity index (χ2v) is 6.69. The number of amides is 2. The molecule has 6 nitrogen and oxygen atoms in total. The zero-order valence-corrected chi connectivity index (χ0v) is 15.2. The Labute approximate surface area is 165 Å². The molecule has 6 heteroatoms. The molecule has 0 radical (unpaired) electrons. The lowest BCUT2D eigenvalue weighted by Crippen LogP contribution is -2.41. The summed E-state index contributed by atoms with van der Waals surface area (Å²) in [6.07, 6.45) is 0. The van der Waals surface area contributed by atoms with Crippen molar-refractivity contribution in [2.45, 2.75) is 6.04 Å². The van der Waals surface area contributed by atoms with Gasteiger partial charge in [-0.3, -0.25) is 0 Å². The van der Waals surface area contributed by atoms with Crippen molar-refractivity contribution in [2.24, 2.45) is 0 Å². The van der Waals surface area contributed by atoms with Crippen LogP contribution in [0.5, 0.6) is 11.5 Å². The zero-order valence-electron chi connectivity index (χ0n) is 15.2. The fraction of sp³-hybridized carbons (Fsp3) is 0.0435. The van der Waals surface area contributed by atoms with E-state index in [1.807, 2.05) is 66.7 Å². The molecule has 2 heterocycles. The third kappa shape index (κ3) is 3.10. The maximum absolute atomic E-state index is 12.8. The van der Waals surface area contributed by atoms with Crippen LogP contribution in [0.25, 0.3) is 11.0 Å². The van der Waals surface area contributed by atoms with Gasteiger partial charge < -0.3 is 19.8 Å². The molecule has 5 rings (SSSR count). The molecule has 0 saturated heterocycles. The normalized spacial score (nSPS) is 15.3. The van der Waals surface area contributed by atoms with Gasteiger partial charge in [0.25, 0.3) is 0 Å². The Balaban J connectivity index is 1.61. The number of nitrogens with one attached hydrogen (secondary N) is 2. The summed E-state index contributed by atoms with van der Waals surface area (Å²) in [4.78, 5) is 25.1. The van der Waals surface area contributed by atoms with Gasteiger partial charge in [-0.05, 0) is 42.0 Å². The van der Waals surface area contributed by atoms with Crippen LogP contribution in [0, 0.1) is 0 Å². The highest BCUT2D eigenvalue weighted by atomic mass is 16.5. The van der Waals surface area contributed by atoms with Gasteiger partial charge >= 0.3 is 11.7 Å². The van der Waals surface area contributed by atoms with Gasteiger partial charge in [-0.25, -0.2) is 9.59 Å². The van der Waals surface area contributed by atoms with E-state index in [2.05, 4.69) is 10.6 Å². The summed E-state index contributed by atoms with van der Waals surface area (Å²) >= 11 is 0. The Morgan fingerprint density at radius 1 is 0.828 bits per heavy atom. The number of fused-ring (bicyclic) bond motifs is 3. The van der Waals surface area contributed by atoms with Gasteiger partial charge in [0.15, 0.2) is 0 Å². The van der Waals surface area contributed by atoms with Crippen molar-refractivity contribution in [1.82, 2.24) is 5.32 Å². The molecule has 29 heavy (non-hydrogen) atoms. The number of rotatable bonds is 3. The zero-order chi connectivity index (χ0) is 19.8. The van der Waals surface area contributed by atoms with E-state index < -0.39 is 11.7 Å². The second kappa shape index (κ2) is 6.83. The minimum atomic E-state index is -0.654. The van der Waals surface area contributed by atoms with Crippen LogP contribution in [0.3, 0.4) is 0 Å². The highest BCUT2D eigenvalue weighted by Gasteiger charge is 2.31. The summed E-state index contributed by atoms with van der Waals surface area (Å²) < 4.78 is 11.4. The first-order valence-corrected chi connectivity index (χ1v) is 9.15. The molecule has 2 amide bonds. The molecule has 0 saturated carbocycles. The van der Waals surface area contributed by atoms with Gasteiger partial charge in [-0.15, -0.1) is 0 Å². The van der Waals surface area contributed by atoms with Crippen molar-refractivity contribution in [3.05, 3.63) is 100 Å². The lowest BCUT2D eigenvalue weighted by Gasteiger charge is -2.27. The van der Waals surface area contributed by atoms with Gasteiger partial charge in [-0.2, -0.15) is 0 Å². The van der Waals surface area contributed by atoms with E-state index in [-0.39, 0.29) is 6.03 Å². The number of hydrogen-bond donors (Lipinski definition) is 2. The summed E-state index contributed by atoms with van der Waals surface area (Å²) in [5, 5.41) is 6.26. The predicted octanol–water partition coefficient (Wildman–Crippen LogP) is 4.81. The van der Waals surface area contributed by atoms with Gasteiger partial charge in [0, 0.05) is 5.39 Å². The summed E-state index contributed by atoms with van der Waals surface area (Å²) in [6.45, 7) is 0. The SMILES string of the molecule is O=C1Nc2c(c(=O)oc3ccccc23)C(c2cccc(Oc3ccccc3)c2)N1. The van der Waals surface area contributed by atoms with Gasteiger partial charge in [-0.1, -0.05) is 42.5 Å². The topological polar surface area (TPSA) is 80.6 Å². The van der Waals surface area contributed by atoms with Crippen LogP contribution in [0.1, 0.15) is 17.2 Å². The molecule has 1 aliphatic rings. The van der Waals surface area contributed by atoms with Crippen LogP contribution in [0.2, 0.25) is 0 Å². The Hall–Kier alpha value is -4.06. The van der Waals surface area contributed by atoms with Crippen molar-refractivity contribution in [3.8, 4) is 11.5 Å². The molecule has 3 aromatic carbocycles. The number of para-hydroxylation sites is 2. The van der Waals surface area contributed by atoms with Crippen molar-refractivity contribution in [3.63, 3.8) is 0 Å². The average molecular weight is 384 g/mol. The second-order valence-electron chi connectivity index (χ2n) is 6.69. The maximum atomic E-state index is 12.8. The first-order chi connectivity index (χ1) is 14.2. The van der Waals surface area contributed by atoms with Crippen molar-refractivity contribution >= 4 is 22.7 Å². The minimum absolute atomic E-state index is 0.361. The lowest BCUT2D eigenvalue weighted by molar-refractivity contribution is 0.248. The van der Waals surface area contributed by atoms with E-state index >= 15 is 0 Å². The van der Waals surface area contributed by atoms with Gasteiger partial charge in [0.2, 0.25) is 0 Å². The molecule has 142 valence electrons. The monoisotopic (exact) mass is 384 g/mol. The van der Waals surface area contributed by atoms with Crippen LogP contribution in [-0.2, 0) is 0 Å². The smallest absolute Gasteiger partial charge is 0.344 e. The predicted molar refractivity (Wildman–Crippen MR) is 109 cm³/mol. The molecule has 0 bridgehead atoms. The van der Waals surface area contributed by atoms with Crippen molar-refractivity contribution < 1.29 is 13.9 Å². The van der Waals surface area contributed by atoms with E-state index in [0.29, 0.717) is 33.7 Å². The highest BCUT2D eigenvalue weighted by Crippen LogP contribution is 2.35. The minimum Gasteiger partial charge on any atom is -0.457 e. The number of carbonyl (C=O) groups is 1. The van der Waals surface area contributed by atoms with Gasteiger partial charge in [0.1, 0.15) is 17.1 Å². The lowest BCUT2D eigenvalue weighted by atomic mass is 9.95. The molecule has 0 spiro atoms. The molecule has 2 N–H and O–H groups in total.